The average molecular weight is 313 g/mol. The van der Waals surface area contributed by atoms with Crippen LogP contribution in [0.5, 0.6) is 5.75 Å². The fourth-order valence-electron chi connectivity index (χ4n) is 1.71. The Kier molecular flexibility index (Phi) is 7.48. The molecule has 0 saturated heterocycles. The molecule has 1 aromatic carbocycles. The van der Waals surface area contributed by atoms with Crippen LogP contribution in [0.25, 0.3) is 0 Å². The van der Waals surface area contributed by atoms with Gasteiger partial charge in [0.2, 0.25) is 0 Å². The predicted molar refractivity (Wildman–Crippen MR) is 83.6 cm³/mol. The molecule has 118 valence electrons. The molecule has 0 fully saturated rings. The highest BCUT2D eigenvalue weighted by atomic mass is 31.2. The largest absolute Gasteiger partial charge is 0.464 e. The van der Waals surface area contributed by atoms with Crippen LogP contribution in [0.4, 0.5) is 0 Å². The minimum atomic E-state index is -3.08. The third-order valence-corrected chi connectivity index (χ3v) is 4.46. The average Bonchev–Trinajstić information content (AvgIpc) is 2.47. The molecule has 1 atom stereocenters. The number of carbonyl (C=O) groups is 1. The summed E-state index contributed by atoms with van der Waals surface area (Å²) in [6.45, 7) is 5.85. The zero-order chi connectivity index (χ0) is 15.7. The molecule has 0 radical (unpaired) electrons. The Hall–Kier alpha value is -1.32. The molecule has 1 aromatic rings. The number of esters is 1. The molecule has 5 nitrogen and oxygen atoms in total. The molecule has 0 spiro atoms. The zero-order valence-corrected chi connectivity index (χ0v) is 13.8. The number of nitrogens with one attached hydrogen (secondary N) is 1. The third kappa shape index (κ3) is 7.30. The number of hydrogen-bond acceptors (Lipinski definition) is 4. The fraction of sp³-hybridized carbons (Fsp3) is 0.533. The predicted octanol–water partition coefficient (Wildman–Crippen LogP) is 3.46. The maximum absolute atomic E-state index is 12.2. The number of ether oxygens (including phenoxy) is 1. The first-order valence-corrected chi connectivity index (χ1v) is 9.27. The summed E-state index contributed by atoms with van der Waals surface area (Å²) in [6.07, 6.45) is 1.95. The van der Waals surface area contributed by atoms with Crippen molar-refractivity contribution in [2.45, 2.75) is 26.7 Å². The van der Waals surface area contributed by atoms with Crippen molar-refractivity contribution in [2.75, 3.05) is 19.8 Å². The maximum atomic E-state index is 12.2. The first kappa shape index (κ1) is 17.7. The summed E-state index contributed by atoms with van der Waals surface area (Å²) in [4.78, 5) is 11.6. The summed E-state index contributed by atoms with van der Waals surface area (Å²) < 4.78 is 22.7. The van der Waals surface area contributed by atoms with Gasteiger partial charge in [0.1, 0.15) is 12.3 Å². The molecule has 0 aromatic heterocycles. The van der Waals surface area contributed by atoms with E-state index in [2.05, 4.69) is 18.9 Å². The summed E-state index contributed by atoms with van der Waals surface area (Å²) in [6, 6.07) is 8.85. The number of rotatable bonds is 9. The van der Waals surface area contributed by atoms with E-state index in [1.807, 2.05) is 6.07 Å². The molecule has 6 heteroatoms. The monoisotopic (exact) mass is 313 g/mol. The molecule has 1 rings (SSSR count). The summed E-state index contributed by atoms with van der Waals surface area (Å²) in [5.74, 6) is 0.463. The summed E-state index contributed by atoms with van der Waals surface area (Å²) in [5.41, 5.74) is 0. The lowest BCUT2D eigenvalue weighted by Gasteiger charge is -2.17. The number of carbonyl (C=O) groups excluding carboxylic acids is 1. The molecule has 0 aliphatic heterocycles. The first-order valence-electron chi connectivity index (χ1n) is 7.19. The van der Waals surface area contributed by atoms with Gasteiger partial charge in [-0.05, 0) is 18.1 Å². The second kappa shape index (κ2) is 8.85. The van der Waals surface area contributed by atoms with E-state index < -0.39 is 13.5 Å². The van der Waals surface area contributed by atoms with Gasteiger partial charge < -0.3 is 9.26 Å². The van der Waals surface area contributed by atoms with Crippen LogP contribution in [-0.2, 0) is 14.1 Å². The lowest BCUT2D eigenvalue weighted by atomic mass is 10.1. The van der Waals surface area contributed by atoms with Crippen LogP contribution in [-0.4, -0.2) is 25.8 Å². The Morgan fingerprint density at radius 1 is 1.24 bits per heavy atom. The summed E-state index contributed by atoms with van der Waals surface area (Å²) in [7, 11) is -3.08. The van der Waals surface area contributed by atoms with Crippen molar-refractivity contribution < 1.29 is 18.6 Å². The molecular weight excluding hydrogens is 289 g/mol. The number of para-hydroxylation sites is 1. The highest BCUT2D eigenvalue weighted by molar-refractivity contribution is 7.56. The van der Waals surface area contributed by atoms with E-state index >= 15 is 0 Å². The fourth-order valence-corrected chi connectivity index (χ4v) is 2.71. The quantitative estimate of drug-likeness (QED) is 0.559. The Morgan fingerprint density at radius 2 is 1.86 bits per heavy atom. The normalized spacial score (nSPS) is 13.7. The number of benzene rings is 1. The SMILES string of the molecule is CCC(CC)COC(=O)CNP(C)(=O)Oc1ccccc1. The van der Waals surface area contributed by atoms with Crippen LogP contribution in [0.1, 0.15) is 26.7 Å². The molecule has 1 unspecified atom stereocenters. The van der Waals surface area contributed by atoms with Gasteiger partial charge in [-0.1, -0.05) is 44.9 Å². The molecule has 0 amide bonds. The van der Waals surface area contributed by atoms with E-state index in [0.717, 1.165) is 12.8 Å². The Labute approximate surface area is 126 Å². The Morgan fingerprint density at radius 3 is 2.43 bits per heavy atom. The van der Waals surface area contributed by atoms with Crippen molar-refractivity contribution in [1.29, 1.82) is 0 Å². The van der Waals surface area contributed by atoms with Crippen LogP contribution in [0.3, 0.4) is 0 Å². The molecule has 0 aliphatic rings. The number of hydrogen-bond donors (Lipinski definition) is 1. The minimum Gasteiger partial charge on any atom is -0.464 e. The Balaban J connectivity index is 2.36. The van der Waals surface area contributed by atoms with Gasteiger partial charge in [0, 0.05) is 6.66 Å². The van der Waals surface area contributed by atoms with E-state index in [0.29, 0.717) is 18.3 Å². The summed E-state index contributed by atoms with van der Waals surface area (Å²) in [5, 5.41) is 2.63. The van der Waals surface area contributed by atoms with E-state index in [-0.39, 0.29) is 6.54 Å². The topological polar surface area (TPSA) is 64.6 Å². The van der Waals surface area contributed by atoms with Crippen LogP contribution >= 0.6 is 7.52 Å². The van der Waals surface area contributed by atoms with E-state index in [1.54, 1.807) is 24.3 Å². The van der Waals surface area contributed by atoms with Crippen molar-refractivity contribution in [2.24, 2.45) is 5.92 Å². The van der Waals surface area contributed by atoms with Crippen molar-refractivity contribution in [3.63, 3.8) is 0 Å². The smallest absolute Gasteiger partial charge is 0.320 e. The lowest BCUT2D eigenvalue weighted by molar-refractivity contribution is -0.143. The van der Waals surface area contributed by atoms with Gasteiger partial charge in [0.05, 0.1) is 6.61 Å². The first-order chi connectivity index (χ1) is 9.96. The van der Waals surface area contributed by atoms with Crippen molar-refractivity contribution in [3.05, 3.63) is 30.3 Å². The molecular formula is C15H24NO4P. The van der Waals surface area contributed by atoms with Crippen LogP contribution in [0.15, 0.2) is 30.3 Å². The maximum Gasteiger partial charge on any atom is 0.320 e. The standard InChI is InChI=1S/C15H24NO4P/c1-4-13(5-2)12-19-15(17)11-16-21(3,18)20-14-9-7-6-8-10-14/h6-10,13H,4-5,11-12H2,1-3H3,(H,16,18). The molecule has 0 heterocycles. The van der Waals surface area contributed by atoms with Crippen LogP contribution in [0.2, 0.25) is 0 Å². The van der Waals surface area contributed by atoms with Gasteiger partial charge in [-0.15, -0.1) is 0 Å². The van der Waals surface area contributed by atoms with Crippen molar-refractivity contribution >= 4 is 13.5 Å². The van der Waals surface area contributed by atoms with Crippen molar-refractivity contribution in [3.8, 4) is 5.75 Å². The van der Waals surface area contributed by atoms with Gasteiger partial charge in [-0.3, -0.25) is 9.36 Å². The highest BCUT2D eigenvalue weighted by Crippen LogP contribution is 2.38. The summed E-state index contributed by atoms with van der Waals surface area (Å²) >= 11 is 0. The zero-order valence-electron chi connectivity index (χ0n) is 12.9. The molecule has 21 heavy (non-hydrogen) atoms. The second-order valence-corrected chi connectivity index (χ2v) is 7.14. The minimum absolute atomic E-state index is 0.124. The van der Waals surface area contributed by atoms with E-state index in [1.165, 1.54) is 6.66 Å². The third-order valence-electron chi connectivity index (χ3n) is 3.17. The van der Waals surface area contributed by atoms with Gasteiger partial charge in [0.15, 0.2) is 0 Å². The molecule has 0 saturated carbocycles. The van der Waals surface area contributed by atoms with Gasteiger partial charge >= 0.3 is 13.5 Å². The van der Waals surface area contributed by atoms with Gasteiger partial charge in [-0.25, -0.2) is 5.09 Å². The Bertz CT molecular complexity index is 474. The second-order valence-electron chi connectivity index (χ2n) is 4.95. The van der Waals surface area contributed by atoms with E-state index in [9.17, 15) is 9.36 Å². The van der Waals surface area contributed by atoms with Gasteiger partial charge in [0.25, 0.3) is 0 Å². The van der Waals surface area contributed by atoms with Crippen LogP contribution < -0.4 is 9.61 Å². The molecule has 0 aliphatic carbocycles. The van der Waals surface area contributed by atoms with Gasteiger partial charge in [-0.2, -0.15) is 0 Å². The van der Waals surface area contributed by atoms with Crippen LogP contribution in [0, 0.1) is 5.92 Å². The van der Waals surface area contributed by atoms with Crippen molar-refractivity contribution in [1.82, 2.24) is 5.09 Å². The lowest BCUT2D eigenvalue weighted by Crippen LogP contribution is -2.25. The molecule has 1 N–H and O–H groups in total. The molecule has 0 bridgehead atoms. The highest BCUT2D eigenvalue weighted by Gasteiger charge is 2.19. The van der Waals surface area contributed by atoms with E-state index in [4.69, 9.17) is 9.26 Å².